The van der Waals surface area contributed by atoms with Gasteiger partial charge >= 0.3 is 0 Å². The molecule has 0 unspecified atom stereocenters. The minimum absolute atomic E-state index is 0.152. The maximum Gasteiger partial charge on any atom is 0.262 e. The Labute approximate surface area is 175 Å². The highest BCUT2D eigenvalue weighted by Gasteiger charge is 2.18. The van der Waals surface area contributed by atoms with Crippen LogP contribution in [0.25, 0.3) is 0 Å². The molecule has 1 N–H and O–H groups in total. The molecule has 1 fully saturated rings. The number of nitrogens with zero attached hydrogens (tertiary/aromatic N) is 1. The average Bonchev–Trinajstić information content (AvgIpc) is 3.23. The molecule has 1 heterocycles. The van der Waals surface area contributed by atoms with Gasteiger partial charge in [-0.2, -0.15) is 0 Å². The number of nitrogens with one attached hydrogen (secondary N) is 1. The molecular formula is C21H23ClN2O3S. The van der Waals surface area contributed by atoms with E-state index in [2.05, 4.69) is 10.2 Å². The van der Waals surface area contributed by atoms with Crippen molar-refractivity contribution in [3.8, 4) is 11.5 Å². The topological polar surface area (TPSA) is 50.8 Å². The lowest BCUT2D eigenvalue weighted by Crippen LogP contribution is -2.26. The van der Waals surface area contributed by atoms with E-state index in [4.69, 9.17) is 33.3 Å². The number of para-hydroxylation sites is 1. The highest BCUT2D eigenvalue weighted by atomic mass is 35.5. The summed E-state index contributed by atoms with van der Waals surface area (Å²) in [6.07, 6.45) is 2.33. The summed E-state index contributed by atoms with van der Waals surface area (Å²) in [6.45, 7) is 4.22. The van der Waals surface area contributed by atoms with Gasteiger partial charge in [0.1, 0.15) is 4.99 Å². The van der Waals surface area contributed by atoms with E-state index in [0.717, 1.165) is 23.6 Å². The lowest BCUT2D eigenvalue weighted by molar-refractivity contribution is -0.118. The van der Waals surface area contributed by atoms with E-state index in [9.17, 15) is 4.79 Å². The number of carbonyl (C=O) groups is 1. The Morgan fingerprint density at radius 2 is 1.89 bits per heavy atom. The smallest absolute Gasteiger partial charge is 0.262 e. The summed E-state index contributed by atoms with van der Waals surface area (Å²) in [7, 11) is 0. The minimum Gasteiger partial charge on any atom is -0.490 e. The van der Waals surface area contributed by atoms with Crippen molar-refractivity contribution in [2.24, 2.45) is 0 Å². The maximum atomic E-state index is 12.2. The number of likely N-dealkylation sites (tertiary alicyclic amines) is 1. The van der Waals surface area contributed by atoms with E-state index in [1.54, 1.807) is 30.3 Å². The normalized spacial score (nSPS) is 13.3. The van der Waals surface area contributed by atoms with Gasteiger partial charge in [-0.15, -0.1) is 0 Å². The fourth-order valence-electron chi connectivity index (χ4n) is 3.02. The number of hydrogen-bond acceptors (Lipinski definition) is 4. The third-order valence-corrected chi connectivity index (χ3v) is 5.21. The molecule has 0 atom stereocenters. The lowest BCUT2D eigenvalue weighted by Gasteiger charge is -2.20. The van der Waals surface area contributed by atoms with E-state index in [1.807, 2.05) is 19.1 Å². The quantitative estimate of drug-likeness (QED) is 0.669. The van der Waals surface area contributed by atoms with Gasteiger partial charge in [0.05, 0.1) is 17.3 Å². The zero-order chi connectivity index (χ0) is 19.9. The zero-order valence-electron chi connectivity index (χ0n) is 15.7. The van der Waals surface area contributed by atoms with Gasteiger partial charge < -0.3 is 19.7 Å². The molecule has 148 valence electrons. The van der Waals surface area contributed by atoms with Gasteiger partial charge in [0.25, 0.3) is 5.91 Å². The summed E-state index contributed by atoms with van der Waals surface area (Å²) in [5.41, 5.74) is 1.47. The summed E-state index contributed by atoms with van der Waals surface area (Å²) in [6, 6.07) is 12.6. The molecular weight excluding hydrogens is 396 g/mol. The van der Waals surface area contributed by atoms with E-state index in [0.29, 0.717) is 28.8 Å². The fourth-order valence-corrected chi connectivity index (χ4v) is 3.52. The van der Waals surface area contributed by atoms with Gasteiger partial charge in [-0.3, -0.25) is 4.79 Å². The van der Waals surface area contributed by atoms with E-state index >= 15 is 0 Å². The number of benzene rings is 2. The van der Waals surface area contributed by atoms with Crippen LogP contribution in [0.15, 0.2) is 42.5 Å². The largest absolute Gasteiger partial charge is 0.490 e. The van der Waals surface area contributed by atoms with Gasteiger partial charge in [-0.25, -0.2) is 0 Å². The average molecular weight is 419 g/mol. The van der Waals surface area contributed by atoms with Crippen molar-refractivity contribution in [1.29, 1.82) is 0 Å². The third-order valence-electron chi connectivity index (χ3n) is 4.39. The minimum atomic E-state index is -0.299. The predicted octanol–water partition coefficient (Wildman–Crippen LogP) is 4.53. The first-order valence-electron chi connectivity index (χ1n) is 9.31. The number of thiocarbonyl (C=S) groups is 1. The molecule has 28 heavy (non-hydrogen) atoms. The highest BCUT2D eigenvalue weighted by molar-refractivity contribution is 7.80. The Bertz CT molecular complexity index is 853. The number of anilines is 1. The van der Waals surface area contributed by atoms with E-state index in [-0.39, 0.29) is 12.5 Å². The Balaban J connectivity index is 1.66. The Hall–Kier alpha value is -2.31. The molecule has 0 aromatic heterocycles. The molecule has 2 aromatic carbocycles. The van der Waals surface area contributed by atoms with Crippen LogP contribution in [0.2, 0.25) is 5.02 Å². The van der Waals surface area contributed by atoms with Crippen LogP contribution in [0, 0.1) is 0 Å². The Kier molecular flexibility index (Phi) is 7.12. The van der Waals surface area contributed by atoms with Crippen LogP contribution >= 0.6 is 23.8 Å². The molecule has 1 aliphatic rings. The summed E-state index contributed by atoms with van der Waals surface area (Å²) in [5.74, 6) is 0.781. The van der Waals surface area contributed by atoms with Crippen molar-refractivity contribution in [3.63, 3.8) is 0 Å². The number of ether oxygens (including phenoxy) is 2. The predicted molar refractivity (Wildman–Crippen MR) is 116 cm³/mol. The van der Waals surface area contributed by atoms with Gasteiger partial charge in [0.2, 0.25) is 0 Å². The third kappa shape index (κ3) is 5.14. The van der Waals surface area contributed by atoms with Crippen molar-refractivity contribution >= 4 is 40.4 Å². The number of carbonyl (C=O) groups excluding carboxylic acids is 1. The lowest BCUT2D eigenvalue weighted by atomic mass is 10.2. The first-order valence-corrected chi connectivity index (χ1v) is 10.1. The molecule has 1 amide bonds. The van der Waals surface area contributed by atoms with Crippen molar-refractivity contribution in [3.05, 3.63) is 53.1 Å². The van der Waals surface area contributed by atoms with Gasteiger partial charge in [-0.05, 0) is 50.1 Å². The van der Waals surface area contributed by atoms with Gasteiger partial charge in [-0.1, -0.05) is 36.0 Å². The van der Waals surface area contributed by atoms with Crippen LogP contribution in [-0.4, -0.2) is 42.1 Å². The molecule has 1 aliphatic heterocycles. The molecule has 5 nitrogen and oxygen atoms in total. The molecule has 0 spiro atoms. The van der Waals surface area contributed by atoms with Crippen LogP contribution in [0.3, 0.4) is 0 Å². The summed E-state index contributed by atoms with van der Waals surface area (Å²) in [4.78, 5) is 15.2. The maximum absolute atomic E-state index is 12.2. The first kappa shape index (κ1) is 20.4. The SMILES string of the molecule is CCOc1cc(C(=S)N2CCCC2)ccc1OCC(=O)Nc1ccccc1Cl. The standard InChI is InChI=1S/C21H23ClN2O3S/c1-2-26-19-13-15(21(28)24-11-5-6-12-24)9-10-18(19)27-14-20(25)23-17-8-4-3-7-16(17)22/h3-4,7-10,13H,2,5-6,11-12,14H2,1H3,(H,23,25). The molecule has 7 heteroatoms. The highest BCUT2D eigenvalue weighted by Crippen LogP contribution is 2.30. The molecule has 0 aliphatic carbocycles. The zero-order valence-corrected chi connectivity index (χ0v) is 17.3. The fraction of sp³-hybridized carbons (Fsp3) is 0.333. The summed E-state index contributed by atoms with van der Waals surface area (Å²) >= 11 is 11.7. The second-order valence-corrected chi connectivity index (χ2v) is 7.20. The number of rotatable bonds is 7. The van der Waals surface area contributed by atoms with Crippen LogP contribution < -0.4 is 14.8 Å². The molecule has 0 radical (unpaired) electrons. The Morgan fingerprint density at radius 3 is 2.61 bits per heavy atom. The first-order chi connectivity index (χ1) is 13.6. The van der Waals surface area contributed by atoms with Crippen LogP contribution in [0.1, 0.15) is 25.3 Å². The van der Waals surface area contributed by atoms with Crippen molar-refractivity contribution in [2.45, 2.75) is 19.8 Å². The second kappa shape index (κ2) is 9.75. The second-order valence-electron chi connectivity index (χ2n) is 6.41. The molecule has 0 bridgehead atoms. The number of halogens is 1. The summed E-state index contributed by atoms with van der Waals surface area (Å²) in [5, 5.41) is 3.21. The monoisotopic (exact) mass is 418 g/mol. The van der Waals surface area contributed by atoms with Crippen LogP contribution in [0.5, 0.6) is 11.5 Å². The van der Waals surface area contributed by atoms with Crippen molar-refractivity contribution in [1.82, 2.24) is 4.90 Å². The number of amides is 1. The van der Waals surface area contributed by atoms with Gasteiger partial charge in [0, 0.05) is 18.7 Å². The van der Waals surface area contributed by atoms with Gasteiger partial charge in [0.15, 0.2) is 18.1 Å². The van der Waals surface area contributed by atoms with Crippen LogP contribution in [-0.2, 0) is 4.79 Å². The summed E-state index contributed by atoms with van der Waals surface area (Å²) < 4.78 is 11.4. The molecule has 2 aromatic rings. The Morgan fingerprint density at radius 1 is 1.14 bits per heavy atom. The van der Waals surface area contributed by atoms with Crippen molar-refractivity contribution < 1.29 is 14.3 Å². The molecule has 3 rings (SSSR count). The molecule has 1 saturated heterocycles. The van der Waals surface area contributed by atoms with Crippen molar-refractivity contribution in [2.75, 3.05) is 31.6 Å². The molecule has 0 saturated carbocycles. The van der Waals surface area contributed by atoms with E-state index < -0.39 is 0 Å². The number of hydrogen-bond donors (Lipinski definition) is 1. The van der Waals surface area contributed by atoms with Crippen LogP contribution in [0.4, 0.5) is 5.69 Å². The van der Waals surface area contributed by atoms with E-state index in [1.165, 1.54) is 12.8 Å².